The van der Waals surface area contributed by atoms with Crippen LogP contribution in [0.15, 0.2) is 229 Å². The monoisotopic (exact) mass is 1990 g/mol. The van der Waals surface area contributed by atoms with Gasteiger partial charge in [-0.1, -0.05) is 158 Å². The smallest absolute Gasteiger partial charge is 0.312 e. The quantitative estimate of drug-likeness (QED) is 0.0173. The second kappa shape index (κ2) is 47.8. The van der Waals surface area contributed by atoms with E-state index in [4.69, 9.17) is 114 Å². The second-order valence-electron chi connectivity index (χ2n) is 35.0. The number of aliphatic imine (C=N–C) groups is 2. The van der Waals surface area contributed by atoms with Crippen molar-refractivity contribution < 1.29 is 61.6 Å². The molecule has 0 radical (unpaired) electrons. The van der Waals surface area contributed by atoms with Crippen molar-refractivity contribution in [3.05, 3.63) is 339 Å². The summed E-state index contributed by atoms with van der Waals surface area (Å²) in [6, 6.07) is 63.0. The van der Waals surface area contributed by atoms with E-state index in [1.54, 1.807) is 96.2 Å². The van der Waals surface area contributed by atoms with E-state index in [0.29, 0.717) is 162 Å². The van der Waals surface area contributed by atoms with Crippen molar-refractivity contribution >= 4 is 128 Å². The highest BCUT2D eigenvalue weighted by Crippen LogP contribution is 2.43. The van der Waals surface area contributed by atoms with Crippen LogP contribution >= 0.6 is 69.6 Å². The lowest BCUT2D eigenvalue weighted by molar-refractivity contribution is -0.141. The lowest BCUT2D eigenvalue weighted by Gasteiger charge is -2.49. The molecular formula is C108H106Cl6F2N12O11. The first-order valence-corrected chi connectivity index (χ1v) is 48.1. The number of halogens is 8. The molecule has 139 heavy (non-hydrogen) atoms. The fourth-order valence-corrected chi connectivity index (χ4v) is 18.8. The average Bonchev–Trinajstić information content (AvgIpc) is 1.69. The Morgan fingerprint density at radius 2 is 0.871 bits per heavy atom. The number of hydrogen-bond acceptors (Lipinski definition) is 19. The number of amides is 3. The Labute approximate surface area is 837 Å². The van der Waals surface area contributed by atoms with Crippen molar-refractivity contribution in [2.75, 3.05) is 77.5 Å². The average molecular weight is 2000 g/mol. The summed E-state index contributed by atoms with van der Waals surface area (Å²) in [7, 11) is 5.95. The first-order chi connectivity index (χ1) is 67.0. The Morgan fingerprint density at radius 3 is 1.30 bits per heavy atom. The number of nitrogens with zero attached hydrogens (tertiary/aromatic N) is 9. The zero-order chi connectivity index (χ0) is 98.7. The number of carboxylic acids is 1. The van der Waals surface area contributed by atoms with Crippen LogP contribution in [0.5, 0.6) is 23.0 Å². The van der Waals surface area contributed by atoms with Crippen LogP contribution in [0.3, 0.4) is 0 Å². The largest absolute Gasteiger partial charge is 0.496 e. The molecule has 3 amide bonds. The molecule has 0 saturated carbocycles. The van der Waals surface area contributed by atoms with E-state index >= 15 is 8.78 Å². The van der Waals surface area contributed by atoms with Gasteiger partial charge < -0.3 is 54.7 Å². The summed E-state index contributed by atoms with van der Waals surface area (Å²) in [6.07, 6.45) is 6.18. The molecule has 31 heteroatoms. The zero-order valence-electron chi connectivity index (χ0n) is 78.1. The van der Waals surface area contributed by atoms with E-state index in [0.717, 1.165) is 80.6 Å². The number of carboxylic acid groups (broad SMARTS) is 1. The number of carbonyl (C=O) groups excluding carboxylic acids is 5. The molecule has 0 spiro atoms. The van der Waals surface area contributed by atoms with Crippen LogP contribution in [-0.2, 0) is 45.1 Å². The first-order valence-electron chi connectivity index (χ1n) is 45.8. The number of piperazine rings is 2. The topological polar surface area (TPSA) is 282 Å². The molecule has 16 rings (SSSR count). The van der Waals surface area contributed by atoms with Crippen LogP contribution in [0.25, 0.3) is 22.5 Å². The Hall–Kier alpha value is -12.7. The van der Waals surface area contributed by atoms with Crippen molar-refractivity contribution in [1.82, 2.24) is 40.8 Å². The number of anilines is 2. The Morgan fingerprint density at radius 1 is 0.460 bits per heavy atom. The van der Waals surface area contributed by atoms with Gasteiger partial charge in [-0.3, -0.25) is 38.8 Å². The van der Waals surface area contributed by atoms with Gasteiger partial charge in [0, 0.05) is 164 Å². The highest BCUT2D eigenvalue weighted by molar-refractivity contribution is 6.33. The van der Waals surface area contributed by atoms with Gasteiger partial charge in [-0.05, 0) is 205 Å². The summed E-state index contributed by atoms with van der Waals surface area (Å²) >= 11 is 37.6. The third-order valence-corrected chi connectivity index (χ3v) is 25.9. The summed E-state index contributed by atoms with van der Waals surface area (Å²) in [5, 5.41) is 21.4. The summed E-state index contributed by atoms with van der Waals surface area (Å²) in [4.78, 5) is 111. The highest BCUT2D eigenvalue weighted by atomic mass is 35.5. The second-order valence-corrected chi connectivity index (χ2v) is 37.6. The maximum Gasteiger partial charge on any atom is 0.312 e. The van der Waals surface area contributed by atoms with Gasteiger partial charge in [0.1, 0.15) is 59.1 Å². The number of aromatic nitrogens is 4. The fourth-order valence-electron chi connectivity index (χ4n) is 18.0. The summed E-state index contributed by atoms with van der Waals surface area (Å²) in [5.74, 6) is -0.207. The van der Waals surface area contributed by atoms with E-state index in [1.807, 2.05) is 91.0 Å². The molecule has 0 bridgehead atoms. The minimum Gasteiger partial charge on any atom is -0.496 e. The van der Waals surface area contributed by atoms with Gasteiger partial charge in [-0.25, -0.2) is 28.7 Å². The van der Waals surface area contributed by atoms with Gasteiger partial charge in [0.2, 0.25) is 17.7 Å². The SMILES string of the molecule is CC(C)C[C@H]1CNC[C@@H](c2ccc(Cl)cc2)N1c1ccc(Cl)cc1.COc1cc(Cc2ncc3c(n2)-c2ccc(Cl)cc2C(c2c(F)cccc2OC)=NC3)ccc1C(=O)CCCNC(=O)CC(=O)N1C[C@H](CC(C)C)N(c2ccc(Cl)cc2)[C@H](c2ccc(Cl)cc2)C1.COc1cc(Cc2ncc3c(n2)-c2ccc(Cl)cc2C(c2c(F)cccc2OC)=NC3)ccc1C(=O)CCCNC(=O)CC(=O)O. The molecule has 2 saturated heterocycles. The van der Waals surface area contributed by atoms with Crippen molar-refractivity contribution in [1.29, 1.82) is 0 Å². The Bertz CT molecular complexity index is 6540. The lowest BCUT2D eigenvalue weighted by atomic mass is 9.92. The number of nitrogens with one attached hydrogen (secondary N) is 3. The van der Waals surface area contributed by atoms with Crippen molar-refractivity contribution in [3.63, 3.8) is 0 Å². The molecule has 2 fully saturated rings. The number of benzene rings is 10. The molecule has 6 heterocycles. The van der Waals surface area contributed by atoms with Crippen LogP contribution in [0.2, 0.25) is 30.1 Å². The van der Waals surface area contributed by atoms with Crippen LogP contribution < -0.4 is 44.7 Å². The molecule has 720 valence electrons. The summed E-state index contributed by atoms with van der Waals surface area (Å²) in [6.45, 7) is 12.5. The number of methoxy groups -OCH3 is 4. The highest BCUT2D eigenvalue weighted by Gasteiger charge is 2.40. The first kappa shape index (κ1) is 102. The van der Waals surface area contributed by atoms with E-state index in [1.165, 1.54) is 51.8 Å². The van der Waals surface area contributed by atoms with Gasteiger partial charge in [-0.2, -0.15) is 0 Å². The van der Waals surface area contributed by atoms with Crippen LogP contribution in [0, 0.1) is 23.5 Å². The minimum absolute atomic E-state index is 0.0189. The predicted molar refractivity (Wildman–Crippen MR) is 543 cm³/mol. The van der Waals surface area contributed by atoms with E-state index in [9.17, 15) is 28.8 Å². The zero-order valence-corrected chi connectivity index (χ0v) is 82.6. The number of fused-ring (bicyclic) bond motifs is 6. The van der Waals surface area contributed by atoms with Crippen molar-refractivity contribution in [2.24, 2.45) is 21.8 Å². The number of ketones is 2. The van der Waals surface area contributed by atoms with Crippen molar-refractivity contribution in [3.8, 4) is 45.5 Å². The molecule has 4 atom stereocenters. The van der Waals surface area contributed by atoms with E-state index in [-0.39, 0.29) is 86.1 Å². The molecular weight excluding hydrogens is 1890 g/mol. The molecule has 4 aliphatic rings. The van der Waals surface area contributed by atoms with Crippen LogP contribution in [0.4, 0.5) is 20.2 Å². The molecule has 0 unspecified atom stereocenters. The maximum absolute atomic E-state index is 15.4. The van der Waals surface area contributed by atoms with Gasteiger partial charge in [-0.15, -0.1) is 0 Å². The van der Waals surface area contributed by atoms with Crippen LogP contribution in [0.1, 0.15) is 179 Å². The minimum atomic E-state index is -1.21. The Kier molecular flexibility index (Phi) is 35.1. The standard InChI is InChI=1S/C54H52Cl3FN6O5.C34H30ClFN4O6.C20H24Cl2N2/c1-32(2)23-40-30-63(31-45(34-11-13-36(55)14-12-34)64(40)39-18-15-37(56)16-19-39)51(67)27-50(66)59-22-6-8-46(65)42-20-10-33(24-48(42)69-4)25-49-60-28-35-29-61-54(52-44(58)7-5-9-47(52)68-3)43-26-38(57)17-21-41(43)53(35)62-49;1-45-27-7-3-5-25(36)32(27)34-24-15-21(35)9-11-22(24)33-20(18-39-34)17-38-29(40-33)14-19-8-10-23(28(13-19)46-2)26(41)6-4-12-37-30(42)16-31(43)44;1-14(2)11-19-12-23-13-20(15-3-5-16(21)6-4-15)24(19)18-9-7-17(22)8-10-18/h5,7,9-21,24,26,28,32,40,45H,6,8,22-23,25,27,29-31H2,1-4H3,(H,59,66);3,5,7-11,13,15,17H,4,6,12,14,16,18H2,1-2H3,(H,37,42)(H,43,44);3-10,14,19-20,23H,11-13H2,1-2H3/t40-,45-;;19-,20-/m0.0/s1. The molecule has 4 N–H and O–H groups in total. The maximum atomic E-state index is 15.4. The van der Waals surface area contributed by atoms with Gasteiger partial charge in [0.05, 0.1) is 98.7 Å². The third kappa shape index (κ3) is 25.9. The molecule has 23 nitrogen and oxygen atoms in total. The molecule has 12 aromatic rings. The van der Waals surface area contributed by atoms with Gasteiger partial charge >= 0.3 is 5.97 Å². The number of rotatable bonds is 32. The number of ether oxygens (including phenoxy) is 4. The fraction of sp³-hybridized carbons (Fsp3) is 0.296. The molecule has 4 aliphatic heterocycles. The number of hydrogen-bond donors (Lipinski definition) is 4. The number of Topliss-reactive ketones (excluding diaryl/α,β-unsaturated/α-hetero) is 2. The van der Waals surface area contributed by atoms with Gasteiger partial charge in [0.25, 0.3) is 0 Å². The van der Waals surface area contributed by atoms with Crippen molar-refractivity contribution in [2.45, 2.75) is 129 Å². The molecule has 0 aliphatic carbocycles. The molecule has 10 aromatic carbocycles. The summed E-state index contributed by atoms with van der Waals surface area (Å²) < 4.78 is 52.8. The normalized spacial score (nSPS) is 15.3. The predicted octanol–water partition coefficient (Wildman–Crippen LogP) is 22.2. The third-order valence-electron chi connectivity index (χ3n) is 24.4. The Balaban J connectivity index is 0.000000187. The lowest BCUT2D eigenvalue weighted by Crippen LogP contribution is -2.57. The number of aliphatic carboxylic acids is 1. The molecule has 2 aromatic heterocycles. The number of carbonyl (C=O) groups is 6. The van der Waals surface area contributed by atoms with Crippen LogP contribution in [-0.4, -0.2) is 156 Å². The van der Waals surface area contributed by atoms with Gasteiger partial charge in [0.15, 0.2) is 11.6 Å². The summed E-state index contributed by atoms with van der Waals surface area (Å²) in [5.41, 5.74) is 13.8. The van der Waals surface area contributed by atoms with E-state index < -0.39 is 35.8 Å². The van der Waals surface area contributed by atoms with E-state index in [2.05, 4.69) is 87.7 Å².